The first kappa shape index (κ1) is 20.2. The van der Waals surface area contributed by atoms with Crippen LogP contribution in [0.2, 0.25) is 0 Å². The number of aromatic nitrogens is 3. The highest BCUT2D eigenvalue weighted by Gasteiger charge is 2.17. The standard InChI is InChI=1S/C25H25N5O2/c1-17-14-28-25(30-9-11-32-12-10-30)29-23(17)20-13-22(26-16-20)24(31)27-15-19-7-4-6-18-5-2-3-8-21(18)19/h2-8,13-14,16,26H,9-12,15H2,1H3,(H,27,31). The summed E-state index contributed by atoms with van der Waals surface area (Å²) in [5.74, 6) is 0.543. The number of hydrogen-bond donors (Lipinski definition) is 2. The number of carbonyl (C=O) groups excluding carboxylic acids is 1. The molecule has 2 aromatic carbocycles. The molecule has 7 heteroatoms. The molecule has 1 aliphatic rings. The van der Waals surface area contributed by atoms with E-state index in [-0.39, 0.29) is 5.91 Å². The second-order valence-electron chi connectivity index (χ2n) is 7.92. The molecule has 32 heavy (non-hydrogen) atoms. The number of carbonyl (C=O) groups is 1. The van der Waals surface area contributed by atoms with Crippen LogP contribution in [-0.4, -0.2) is 47.2 Å². The molecule has 0 saturated carbocycles. The largest absolute Gasteiger partial charge is 0.378 e. The van der Waals surface area contributed by atoms with Gasteiger partial charge in [-0.2, -0.15) is 0 Å². The van der Waals surface area contributed by atoms with Gasteiger partial charge in [0.25, 0.3) is 5.91 Å². The van der Waals surface area contributed by atoms with Crippen LogP contribution in [0.25, 0.3) is 22.0 Å². The van der Waals surface area contributed by atoms with Crippen molar-refractivity contribution in [2.45, 2.75) is 13.5 Å². The molecule has 3 heterocycles. The van der Waals surface area contributed by atoms with E-state index >= 15 is 0 Å². The van der Waals surface area contributed by atoms with Crippen LogP contribution in [0.3, 0.4) is 0 Å². The van der Waals surface area contributed by atoms with Gasteiger partial charge in [0.05, 0.1) is 18.9 Å². The van der Waals surface area contributed by atoms with Crippen LogP contribution in [0.1, 0.15) is 21.6 Å². The van der Waals surface area contributed by atoms with Gasteiger partial charge in [-0.15, -0.1) is 0 Å². The third-order valence-electron chi connectivity index (χ3n) is 5.77. The number of ether oxygens (including phenoxy) is 1. The number of morpholine rings is 1. The Morgan fingerprint density at radius 3 is 2.84 bits per heavy atom. The zero-order valence-electron chi connectivity index (χ0n) is 18.0. The van der Waals surface area contributed by atoms with Gasteiger partial charge in [0.1, 0.15) is 5.69 Å². The summed E-state index contributed by atoms with van der Waals surface area (Å²) in [5, 5.41) is 5.34. The minimum Gasteiger partial charge on any atom is -0.378 e. The molecule has 1 aliphatic heterocycles. The van der Waals surface area contributed by atoms with Gasteiger partial charge in [0.15, 0.2) is 0 Å². The Hall–Kier alpha value is -3.71. The van der Waals surface area contributed by atoms with Crippen molar-refractivity contribution in [1.82, 2.24) is 20.3 Å². The predicted octanol–water partition coefficient (Wildman–Crippen LogP) is 3.70. The molecule has 162 valence electrons. The quantitative estimate of drug-likeness (QED) is 0.507. The molecule has 0 atom stereocenters. The van der Waals surface area contributed by atoms with Crippen LogP contribution >= 0.6 is 0 Å². The van der Waals surface area contributed by atoms with E-state index in [9.17, 15) is 4.79 Å². The van der Waals surface area contributed by atoms with E-state index in [2.05, 4.69) is 38.4 Å². The second-order valence-corrected chi connectivity index (χ2v) is 7.92. The van der Waals surface area contributed by atoms with E-state index < -0.39 is 0 Å². The summed E-state index contributed by atoms with van der Waals surface area (Å²) in [7, 11) is 0. The number of hydrogen-bond acceptors (Lipinski definition) is 5. The average molecular weight is 428 g/mol. The van der Waals surface area contributed by atoms with Gasteiger partial charge < -0.3 is 19.9 Å². The normalized spacial score (nSPS) is 14.0. The van der Waals surface area contributed by atoms with Gasteiger partial charge >= 0.3 is 0 Å². The molecule has 5 rings (SSSR count). The lowest BCUT2D eigenvalue weighted by Crippen LogP contribution is -2.37. The maximum Gasteiger partial charge on any atom is 0.267 e. The van der Waals surface area contributed by atoms with Gasteiger partial charge in [-0.3, -0.25) is 4.79 Å². The van der Waals surface area contributed by atoms with Gasteiger partial charge in [-0.05, 0) is 34.9 Å². The number of fused-ring (bicyclic) bond motifs is 1. The summed E-state index contributed by atoms with van der Waals surface area (Å²) in [6, 6.07) is 16.2. The molecule has 7 nitrogen and oxygen atoms in total. The fraction of sp³-hybridized carbons (Fsp3) is 0.240. The van der Waals surface area contributed by atoms with Crippen molar-refractivity contribution in [2.75, 3.05) is 31.2 Å². The van der Waals surface area contributed by atoms with Gasteiger partial charge in [-0.25, -0.2) is 9.97 Å². The average Bonchev–Trinajstić information content (AvgIpc) is 3.33. The number of H-pyrrole nitrogens is 1. The minimum atomic E-state index is -0.149. The first-order valence-corrected chi connectivity index (χ1v) is 10.8. The summed E-state index contributed by atoms with van der Waals surface area (Å²) in [6.45, 7) is 5.35. The molecule has 0 radical (unpaired) electrons. The molecule has 0 spiro atoms. The van der Waals surface area contributed by atoms with E-state index in [1.54, 1.807) is 0 Å². The van der Waals surface area contributed by atoms with Crippen LogP contribution in [0.15, 0.2) is 60.9 Å². The van der Waals surface area contributed by atoms with Crippen molar-refractivity contribution in [3.8, 4) is 11.3 Å². The lowest BCUT2D eigenvalue weighted by atomic mass is 10.0. The van der Waals surface area contributed by atoms with Gasteiger partial charge in [0, 0.05) is 37.6 Å². The van der Waals surface area contributed by atoms with Crippen molar-refractivity contribution in [1.29, 1.82) is 0 Å². The zero-order chi connectivity index (χ0) is 21.9. The zero-order valence-corrected chi connectivity index (χ0v) is 18.0. The summed E-state index contributed by atoms with van der Waals surface area (Å²) in [6.07, 6.45) is 3.66. The van der Waals surface area contributed by atoms with Crippen molar-refractivity contribution < 1.29 is 9.53 Å². The Morgan fingerprint density at radius 2 is 1.97 bits per heavy atom. The second kappa shape index (κ2) is 8.80. The van der Waals surface area contributed by atoms with Crippen molar-refractivity contribution in [2.24, 2.45) is 0 Å². The Bertz CT molecular complexity index is 1250. The number of amides is 1. The maximum atomic E-state index is 12.8. The van der Waals surface area contributed by atoms with Crippen molar-refractivity contribution in [3.05, 3.63) is 77.7 Å². The smallest absolute Gasteiger partial charge is 0.267 e. The molecule has 2 aromatic heterocycles. The minimum absolute atomic E-state index is 0.149. The molecule has 0 unspecified atom stereocenters. The van der Waals surface area contributed by atoms with Crippen LogP contribution in [0, 0.1) is 6.92 Å². The highest BCUT2D eigenvalue weighted by Crippen LogP contribution is 2.24. The number of rotatable bonds is 5. The number of benzene rings is 2. The summed E-state index contributed by atoms with van der Waals surface area (Å²) >= 11 is 0. The van der Waals surface area contributed by atoms with E-state index in [1.165, 1.54) is 0 Å². The maximum absolute atomic E-state index is 12.8. The SMILES string of the molecule is Cc1cnc(N2CCOCC2)nc1-c1c[nH]c(C(=O)NCc2cccc3ccccc23)c1. The molecule has 4 aromatic rings. The molecule has 0 bridgehead atoms. The van der Waals surface area contributed by atoms with Gasteiger partial charge in [-0.1, -0.05) is 42.5 Å². The molecule has 2 N–H and O–H groups in total. The summed E-state index contributed by atoms with van der Waals surface area (Å²) < 4.78 is 5.42. The van der Waals surface area contributed by atoms with Crippen LogP contribution in [0.4, 0.5) is 5.95 Å². The van der Waals surface area contributed by atoms with E-state index in [0.717, 1.165) is 46.2 Å². The summed E-state index contributed by atoms with van der Waals surface area (Å²) in [5.41, 5.74) is 4.25. The number of aryl methyl sites for hydroxylation is 1. The highest BCUT2D eigenvalue weighted by atomic mass is 16.5. The fourth-order valence-electron chi connectivity index (χ4n) is 4.02. The lowest BCUT2D eigenvalue weighted by Gasteiger charge is -2.27. The number of nitrogens with zero attached hydrogens (tertiary/aromatic N) is 3. The molecule has 0 aliphatic carbocycles. The van der Waals surface area contributed by atoms with Crippen LogP contribution in [-0.2, 0) is 11.3 Å². The topological polar surface area (TPSA) is 83.1 Å². The van der Waals surface area contributed by atoms with Gasteiger partial charge in [0.2, 0.25) is 5.95 Å². The molecular weight excluding hydrogens is 402 g/mol. The monoisotopic (exact) mass is 427 g/mol. The Labute approximate surface area is 186 Å². The molecule has 1 fully saturated rings. The fourth-order valence-corrected chi connectivity index (χ4v) is 4.02. The summed E-state index contributed by atoms with van der Waals surface area (Å²) in [4.78, 5) is 27.3. The van der Waals surface area contributed by atoms with Crippen LogP contribution < -0.4 is 10.2 Å². The molecule has 1 amide bonds. The number of anilines is 1. The van der Waals surface area contributed by atoms with E-state index in [0.29, 0.717) is 31.4 Å². The van der Waals surface area contributed by atoms with E-state index in [1.807, 2.05) is 49.6 Å². The third-order valence-corrected chi connectivity index (χ3v) is 5.77. The first-order valence-electron chi connectivity index (χ1n) is 10.8. The first-order chi connectivity index (χ1) is 15.7. The predicted molar refractivity (Wildman–Crippen MR) is 125 cm³/mol. The molecular formula is C25H25N5O2. The highest BCUT2D eigenvalue weighted by molar-refractivity contribution is 5.94. The van der Waals surface area contributed by atoms with Crippen molar-refractivity contribution >= 4 is 22.6 Å². The lowest BCUT2D eigenvalue weighted by molar-refractivity contribution is 0.0946. The number of aromatic amines is 1. The number of nitrogens with one attached hydrogen (secondary N) is 2. The third kappa shape index (κ3) is 4.07. The molecule has 1 saturated heterocycles. The Kier molecular flexibility index (Phi) is 5.56. The van der Waals surface area contributed by atoms with Crippen LogP contribution in [0.5, 0.6) is 0 Å². The van der Waals surface area contributed by atoms with E-state index in [4.69, 9.17) is 9.72 Å². The Morgan fingerprint density at radius 1 is 1.16 bits per heavy atom. The van der Waals surface area contributed by atoms with Crippen molar-refractivity contribution in [3.63, 3.8) is 0 Å². The Balaban J connectivity index is 1.32.